The molecule has 0 aliphatic carbocycles. The molecule has 0 saturated heterocycles. The van der Waals surface area contributed by atoms with Crippen molar-refractivity contribution in [1.29, 1.82) is 0 Å². The Kier molecular flexibility index (Phi) is 4.55. The number of benzene rings is 1. The Morgan fingerprint density at radius 3 is 2.95 bits per heavy atom. The molecule has 0 radical (unpaired) electrons. The van der Waals surface area contributed by atoms with Crippen molar-refractivity contribution < 1.29 is 14.3 Å². The number of carbonyl (C=O) groups excluding carboxylic acids is 2. The molecule has 5 nitrogen and oxygen atoms in total. The summed E-state index contributed by atoms with van der Waals surface area (Å²) in [6.45, 7) is 0.554. The molecule has 0 spiro atoms. The Morgan fingerprint density at radius 1 is 1.35 bits per heavy atom. The van der Waals surface area contributed by atoms with Gasteiger partial charge in [-0.05, 0) is 29.8 Å². The molecule has 2 rings (SSSR count). The topological polar surface area (TPSA) is 60.3 Å². The molecule has 0 unspecified atom stereocenters. The molecule has 0 aliphatic heterocycles. The van der Waals surface area contributed by atoms with Gasteiger partial charge in [0.15, 0.2) is 6.29 Å². The number of carbonyl (C=O) groups is 2. The summed E-state index contributed by atoms with van der Waals surface area (Å²) in [5, 5.41) is 2.81. The van der Waals surface area contributed by atoms with Crippen LogP contribution in [0.25, 0.3) is 0 Å². The molecule has 1 heterocycles. The number of hydrogen-bond acceptors (Lipinski definition) is 3. The second-order valence-corrected chi connectivity index (χ2v) is 4.31. The highest BCUT2D eigenvalue weighted by Crippen LogP contribution is 2.12. The Hall–Kier alpha value is -2.56. The fourth-order valence-corrected chi connectivity index (χ4v) is 1.87. The maximum absolute atomic E-state index is 11.8. The first-order chi connectivity index (χ1) is 9.72. The third kappa shape index (κ3) is 3.47. The lowest BCUT2D eigenvalue weighted by Gasteiger charge is -2.08. The summed E-state index contributed by atoms with van der Waals surface area (Å²) in [4.78, 5) is 22.6. The third-order valence-electron chi connectivity index (χ3n) is 2.92. The van der Waals surface area contributed by atoms with Gasteiger partial charge in [-0.2, -0.15) is 0 Å². The van der Waals surface area contributed by atoms with Gasteiger partial charge in [-0.1, -0.05) is 12.1 Å². The van der Waals surface area contributed by atoms with Crippen LogP contribution in [-0.4, -0.2) is 23.9 Å². The zero-order valence-corrected chi connectivity index (χ0v) is 11.2. The smallest absolute Gasteiger partial charge is 0.240 e. The molecule has 1 aromatic carbocycles. The fraction of sp³-hybridized carbons (Fsp3) is 0.200. The van der Waals surface area contributed by atoms with Crippen molar-refractivity contribution in [3.05, 3.63) is 53.9 Å². The van der Waals surface area contributed by atoms with Crippen molar-refractivity contribution in [3.8, 4) is 5.75 Å². The molecule has 0 saturated carbocycles. The summed E-state index contributed by atoms with van der Waals surface area (Å²) in [6.07, 6.45) is 2.43. The molecule has 5 heteroatoms. The zero-order valence-electron chi connectivity index (χ0n) is 11.2. The number of aldehydes is 1. The van der Waals surface area contributed by atoms with Crippen molar-refractivity contribution in [2.45, 2.75) is 13.1 Å². The SMILES string of the molecule is COc1cccc(CNC(=O)Cn2cccc2C=O)c1. The van der Waals surface area contributed by atoms with Crippen LogP contribution < -0.4 is 10.1 Å². The van der Waals surface area contributed by atoms with E-state index in [0.29, 0.717) is 12.2 Å². The average Bonchev–Trinajstić information content (AvgIpc) is 2.92. The van der Waals surface area contributed by atoms with Gasteiger partial charge in [-0.15, -0.1) is 0 Å². The highest BCUT2D eigenvalue weighted by atomic mass is 16.5. The number of ether oxygens (including phenoxy) is 1. The number of rotatable bonds is 6. The van der Waals surface area contributed by atoms with E-state index < -0.39 is 0 Å². The van der Waals surface area contributed by atoms with Crippen LogP contribution in [0.5, 0.6) is 5.75 Å². The van der Waals surface area contributed by atoms with Gasteiger partial charge in [0, 0.05) is 12.7 Å². The van der Waals surface area contributed by atoms with E-state index in [1.165, 1.54) is 0 Å². The monoisotopic (exact) mass is 272 g/mol. The highest BCUT2D eigenvalue weighted by molar-refractivity contribution is 5.78. The van der Waals surface area contributed by atoms with Crippen molar-refractivity contribution in [1.82, 2.24) is 9.88 Å². The summed E-state index contributed by atoms with van der Waals surface area (Å²) in [5.74, 6) is 0.609. The van der Waals surface area contributed by atoms with Gasteiger partial charge >= 0.3 is 0 Å². The minimum Gasteiger partial charge on any atom is -0.497 e. The van der Waals surface area contributed by atoms with Gasteiger partial charge in [0.2, 0.25) is 5.91 Å². The van der Waals surface area contributed by atoms with Gasteiger partial charge in [0.05, 0.1) is 12.8 Å². The second kappa shape index (κ2) is 6.56. The largest absolute Gasteiger partial charge is 0.497 e. The number of aromatic nitrogens is 1. The van der Waals surface area contributed by atoms with Gasteiger partial charge in [-0.3, -0.25) is 9.59 Å². The Morgan fingerprint density at radius 2 is 2.20 bits per heavy atom. The molecule has 0 bridgehead atoms. The molecule has 104 valence electrons. The van der Waals surface area contributed by atoms with Crippen LogP contribution in [0.4, 0.5) is 0 Å². The van der Waals surface area contributed by atoms with Crippen molar-refractivity contribution in [2.24, 2.45) is 0 Å². The number of hydrogen-bond donors (Lipinski definition) is 1. The van der Waals surface area contributed by atoms with Gasteiger partial charge in [-0.25, -0.2) is 0 Å². The van der Waals surface area contributed by atoms with E-state index in [1.54, 1.807) is 30.0 Å². The standard InChI is InChI=1S/C15H16N2O3/c1-20-14-6-2-4-12(8-14)9-16-15(19)10-17-7-3-5-13(17)11-18/h2-8,11H,9-10H2,1H3,(H,16,19). The van der Waals surface area contributed by atoms with Crippen molar-refractivity contribution in [2.75, 3.05) is 7.11 Å². The normalized spacial score (nSPS) is 10.1. The van der Waals surface area contributed by atoms with E-state index in [4.69, 9.17) is 4.74 Å². The molecule has 20 heavy (non-hydrogen) atoms. The molecule has 0 fully saturated rings. The summed E-state index contributed by atoms with van der Waals surface area (Å²) >= 11 is 0. The van der Waals surface area contributed by atoms with Crippen LogP contribution in [0.1, 0.15) is 16.1 Å². The Bertz CT molecular complexity index is 605. The molecule has 1 aromatic heterocycles. The number of amides is 1. The first kappa shape index (κ1) is 13.9. The summed E-state index contributed by atoms with van der Waals surface area (Å²) < 4.78 is 6.73. The van der Waals surface area contributed by atoms with E-state index in [9.17, 15) is 9.59 Å². The van der Waals surface area contributed by atoms with E-state index in [2.05, 4.69) is 5.32 Å². The minimum absolute atomic E-state index is 0.130. The molecule has 2 aromatic rings. The van der Waals surface area contributed by atoms with E-state index in [0.717, 1.165) is 17.6 Å². The predicted octanol–water partition coefficient (Wildman–Crippen LogP) is 1.63. The van der Waals surface area contributed by atoms with Gasteiger partial charge < -0.3 is 14.6 Å². The molecule has 0 aliphatic rings. The Balaban J connectivity index is 1.90. The van der Waals surface area contributed by atoms with Crippen LogP contribution in [0.2, 0.25) is 0 Å². The lowest BCUT2D eigenvalue weighted by atomic mass is 10.2. The first-order valence-corrected chi connectivity index (χ1v) is 6.23. The highest BCUT2D eigenvalue weighted by Gasteiger charge is 2.06. The van der Waals surface area contributed by atoms with Crippen molar-refractivity contribution >= 4 is 12.2 Å². The maximum Gasteiger partial charge on any atom is 0.240 e. The lowest BCUT2D eigenvalue weighted by Crippen LogP contribution is -2.27. The summed E-state index contributed by atoms with van der Waals surface area (Å²) in [5.41, 5.74) is 1.45. The molecular weight excluding hydrogens is 256 g/mol. The number of methoxy groups -OCH3 is 1. The van der Waals surface area contributed by atoms with Crippen LogP contribution >= 0.6 is 0 Å². The molecule has 1 N–H and O–H groups in total. The van der Waals surface area contributed by atoms with E-state index >= 15 is 0 Å². The van der Waals surface area contributed by atoms with Crippen LogP contribution in [0, 0.1) is 0 Å². The van der Waals surface area contributed by atoms with Crippen molar-refractivity contribution in [3.63, 3.8) is 0 Å². The van der Waals surface area contributed by atoms with Gasteiger partial charge in [0.25, 0.3) is 0 Å². The lowest BCUT2D eigenvalue weighted by molar-refractivity contribution is -0.121. The second-order valence-electron chi connectivity index (χ2n) is 4.31. The summed E-state index contributed by atoms with van der Waals surface area (Å²) in [7, 11) is 1.60. The summed E-state index contributed by atoms with van der Waals surface area (Å²) in [6, 6.07) is 10.9. The van der Waals surface area contributed by atoms with Crippen LogP contribution in [0.15, 0.2) is 42.6 Å². The first-order valence-electron chi connectivity index (χ1n) is 6.23. The fourth-order valence-electron chi connectivity index (χ4n) is 1.87. The van der Waals surface area contributed by atoms with Crippen LogP contribution in [0.3, 0.4) is 0 Å². The quantitative estimate of drug-likeness (QED) is 0.813. The molecule has 0 atom stereocenters. The number of nitrogens with zero attached hydrogens (tertiary/aromatic N) is 1. The predicted molar refractivity (Wildman–Crippen MR) is 74.7 cm³/mol. The van der Waals surface area contributed by atoms with E-state index in [-0.39, 0.29) is 12.5 Å². The maximum atomic E-state index is 11.8. The average molecular weight is 272 g/mol. The van der Waals surface area contributed by atoms with Gasteiger partial charge in [0.1, 0.15) is 12.3 Å². The third-order valence-corrected chi connectivity index (χ3v) is 2.92. The van der Waals surface area contributed by atoms with Crippen LogP contribution in [-0.2, 0) is 17.9 Å². The van der Waals surface area contributed by atoms with E-state index in [1.807, 2.05) is 24.3 Å². The Labute approximate surface area is 117 Å². The minimum atomic E-state index is -0.146. The molecular formula is C15H16N2O3. The molecule has 1 amide bonds. The zero-order chi connectivity index (χ0) is 14.4. The number of nitrogens with one attached hydrogen (secondary N) is 1.